The molecule has 1 saturated carbocycles. The van der Waals surface area contributed by atoms with Crippen LogP contribution < -0.4 is 4.90 Å². The van der Waals surface area contributed by atoms with Gasteiger partial charge in [-0.2, -0.15) is 13.2 Å². The van der Waals surface area contributed by atoms with Crippen molar-refractivity contribution in [2.75, 3.05) is 18.0 Å². The van der Waals surface area contributed by atoms with E-state index in [1.165, 1.54) is 47.9 Å². The molecule has 1 aliphatic heterocycles. The standard InChI is InChI=1S/C26H30F3N3/c27-26(28,29)25-30-23-8-4-5-9-24(23)32(25)18-19-14-16-31(17-15-19)22-12-10-21(11-13-22)20-6-2-1-3-7-20/h4-5,8-13,19-20H,1-3,6-7,14-18H2. The number of alkyl halides is 3. The summed E-state index contributed by atoms with van der Waals surface area (Å²) in [5.74, 6) is 0.141. The number of imidazole rings is 1. The minimum absolute atomic E-state index is 0.214. The summed E-state index contributed by atoms with van der Waals surface area (Å²) >= 11 is 0. The first-order chi connectivity index (χ1) is 15.5. The van der Waals surface area contributed by atoms with Crippen molar-refractivity contribution in [1.82, 2.24) is 9.55 Å². The molecule has 6 heteroatoms. The van der Waals surface area contributed by atoms with E-state index in [2.05, 4.69) is 34.1 Å². The molecule has 1 aliphatic carbocycles. The van der Waals surface area contributed by atoms with Crippen LogP contribution in [0.2, 0.25) is 0 Å². The van der Waals surface area contributed by atoms with E-state index in [9.17, 15) is 13.2 Å². The number of halogens is 3. The molecule has 2 aromatic carbocycles. The molecule has 0 amide bonds. The lowest BCUT2D eigenvalue weighted by atomic mass is 9.84. The molecule has 1 saturated heterocycles. The average Bonchev–Trinajstić information content (AvgIpc) is 3.19. The number of nitrogens with zero attached hydrogens (tertiary/aromatic N) is 3. The minimum atomic E-state index is -4.44. The maximum Gasteiger partial charge on any atom is 0.449 e. The predicted octanol–water partition coefficient (Wildman–Crippen LogP) is 7.02. The molecule has 0 unspecified atom stereocenters. The van der Waals surface area contributed by atoms with Crippen LogP contribution in [0.4, 0.5) is 18.9 Å². The molecule has 0 bridgehead atoms. The number of piperidine rings is 1. The number of hydrogen-bond acceptors (Lipinski definition) is 2. The summed E-state index contributed by atoms with van der Waals surface area (Å²) < 4.78 is 42.2. The van der Waals surface area contributed by atoms with Crippen LogP contribution in [0.1, 0.15) is 62.3 Å². The molecular formula is C26H30F3N3. The first-order valence-electron chi connectivity index (χ1n) is 11.9. The van der Waals surface area contributed by atoms with Crippen molar-refractivity contribution in [2.24, 2.45) is 5.92 Å². The fraction of sp³-hybridized carbons (Fsp3) is 0.500. The van der Waals surface area contributed by atoms with E-state index in [-0.39, 0.29) is 5.92 Å². The van der Waals surface area contributed by atoms with E-state index in [0.29, 0.717) is 23.5 Å². The topological polar surface area (TPSA) is 21.1 Å². The van der Waals surface area contributed by atoms with Crippen molar-refractivity contribution in [1.29, 1.82) is 0 Å². The van der Waals surface area contributed by atoms with E-state index in [4.69, 9.17) is 0 Å². The first-order valence-corrected chi connectivity index (χ1v) is 11.9. The normalized spacial score (nSPS) is 19.0. The third-order valence-electron chi connectivity index (χ3n) is 7.30. The molecule has 2 aliphatic rings. The summed E-state index contributed by atoms with van der Waals surface area (Å²) in [4.78, 5) is 6.26. The van der Waals surface area contributed by atoms with E-state index in [0.717, 1.165) is 25.9 Å². The Labute approximate surface area is 187 Å². The van der Waals surface area contributed by atoms with Crippen molar-refractivity contribution in [3.05, 3.63) is 59.9 Å². The molecule has 2 heterocycles. The van der Waals surface area contributed by atoms with Gasteiger partial charge in [0.2, 0.25) is 5.82 Å². The number of para-hydroxylation sites is 2. The lowest BCUT2D eigenvalue weighted by Gasteiger charge is -2.34. The van der Waals surface area contributed by atoms with Crippen LogP contribution in [0.5, 0.6) is 0 Å². The van der Waals surface area contributed by atoms with Gasteiger partial charge in [-0.05, 0) is 67.3 Å². The third-order valence-corrected chi connectivity index (χ3v) is 7.30. The number of hydrogen-bond donors (Lipinski definition) is 0. The summed E-state index contributed by atoms with van der Waals surface area (Å²) in [5.41, 5.74) is 3.66. The molecule has 0 atom stereocenters. The highest BCUT2D eigenvalue weighted by atomic mass is 19.4. The average molecular weight is 442 g/mol. The highest BCUT2D eigenvalue weighted by Gasteiger charge is 2.38. The molecular weight excluding hydrogens is 411 g/mol. The second-order valence-electron chi connectivity index (χ2n) is 9.39. The van der Waals surface area contributed by atoms with Crippen LogP contribution in [0.25, 0.3) is 11.0 Å². The maximum atomic E-state index is 13.6. The molecule has 2 fully saturated rings. The fourth-order valence-corrected chi connectivity index (χ4v) is 5.50. The Balaban J connectivity index is 1.25. The molecule has 32 heavy (non-hydrogen) atoms. The SMILES string of the molecule is FC(F)(F)c1nc2ccccc2n1CC1CCN(c2ccc(C3CCCCC3)cc2)CC1. The van der Waals surface area contributed by atoms with Gasteiger partial charge >= 0.3 is 6.18 Å². The lowest BCUT2D eigenvalue weighted by Crippen LogP contribution is -2.35. The van der Waals surface area contributed by atoms with Gasteiger partial charge in [-0.25, -0.2) is 4.98 Å². The van der Waals surface area contributed by atoms with Gasteiger partial charge in [0.05, 0.1) is 11.0 Å². The monoisotopic (exact) mass is 441 g/mol. The van der Waals surface area contributed by atoms with Crippen LogP contribution >= 0.6 is 0 Å². The number of anilines is 1. The molecule has 5 rings (SSSR count). The second kappa shape index (κ2) is 8.80. The van der Waals surface area contributed by atoms with Crippen LogP contribution in [0.15, 0.2) is 48.5 Å². The molecule has 0 spiro atoms. The van der Waals surface area contributed by atoms with Crippen LogP contribution in [-0.2, 0) is 12.7 Å². The number of fused-ring (bicyclic) bond motifs is 1. The number of aromatic nitrogens is 2. The third kappa shape index (κ3) is 4.37. The van der Waals surface area contributed by atoms with Crippen LogP contribution in [0, 0.1) is 5.92 Å². The number of benzene rings is 2. The zero-order valence-electron chi connectivity index (χ0n) is 18.3. The summed E-state index contributed by atoms with van der Waals surface area (Å²) in [6, 6.07) is 15.9. The van der Waals surface area contributed by atoms with Gasteiger partial charge in [-0.1, -0.05) is 43.5 Å². The van der Waals surface area contributed by atoms with Crippen molar-refractivity contribution in [3.63, 3.8) is 0 Å². The Morgan fingerprint density at radius 1 is 0.844 bits per heavy atom. The van der Waals surface area contributed by atoms with Crippen LogP contribution in [-0.4, -0.2) is 22.6 Å². The Kier molecular flexibility index (Phi) is 5.87. The minimum Gasteiger partial charge on any atom is -0.372 e. The van der Waals surface area contributed by atoms with Crippen molar-refractivity contribution >= 4 is 16.7 Å². The Morgan fingerprint density at radius 2 is 1.53 bits per heavy atom. The van der Waals surface area contributed by atoms with Gasteiger partial charge in [-0.3, -0.25) is 0 Å². The van der Waals surface area contributed by atoms with Crippen molar-refractivity contribution < 1.29 is 13.2 Å². The Bertz CT molecular complexity index is 1040. The summed E-state index contributed by atoms with van der Waals surface area (Å²) in [7, 11) is 0. The molecule has 0 radical (unpaired) electrons. The van der Waals surface area contributed by atoms with Gasteiger partial charge in [0.1, 0.15) is 0 Å². The summed E-state index contributed by atoms with van der Waals surface area (Å²) in [6.45, 7) is 2.12. The summed E-state index contributed by atoms with van der Waals surface area (Å²) in [5, 5.41) is 0. The largest absolute Gasteiger partial charge is 0.449 e. The fourth-order valence-electron chi connectivity index (χ4n) is 5.50. The van der Waals surface area contributed by atoms with Gasteiger partial charge in [0, 0.05) is 25.3 Å². The lowest BCUT2D eigenvalue weighted by molar-refractivity contribution is -0.147. The quantitative estimate of drug-likeness (QED) is 0.434. The van der Waals surface area contributed by atoms with E-state index in [1.807, 2.05) is 0 Å². The highest BCUT2D eigenvalue weighted by Crippen LogP contribution is 2.35. The highest BCUT2D eigenvalue weighted by molar-refractivity contribution is 5.76. The smallest absolute Gasteiger partial charge is 0.372 e. The van der Waals surface area contributed by atoms with Gasteiger partial charge < -0.3 is 9.47 Å². The molecule has 1 aromatic heterocycles. The van der Waals surface area contributed by atoms with E-state index in [1.54, 1.807) is 24.3 Å². The zero-order valence-corrected chi connectivity index (χ0v) is 18.3. The molecule has 3 aromatic rings. The van der Waals surface area contributed by atoms with Crippen molar-refractivity contribution in [3.8, 4) is 0 Å². The molecule has 170 valence electrons. The van der Waals surface area contributed by atoms with Crippen molar-refractivity contribution in [2.45, 2.75) is 63.6 Å². The first kappa shape index (κ1) is 21.4. The predicted molar refractivity (Wildman–Crippen MR) is 122 cm³/mol. The second-order valence-corrected chi connectivity index (χ2v) is 9.39. The van der Waals surface area contributed by atoms with Gasteiger partial charge in [0.25, 0.3) is 0 Å². The zero-order chi connectivity index (χ0) is 22.1. The maximum absolute atomic E-state index is 13.6. The Hall–Kier alpha value is -2.50. The van der Waals surface area contributed by atoms with E-state index >= 15 is 0 Å². The Morgan fingerprint density at radius 3 is 2.22 bits per heavy atom. The summed E-state index contributed by atoms with van der Waals surface area (Å²) in [6.07, 6.45) is 3.95. The van der Waals surface area contributed by atoms with Gasteiger partial charge in [-0.15, -0.1) is 0 Å². The molecule has 0 N–H and O–H groups in total. The molecule has 3 nitrogen and oxygen atoms in total. The van der Waals surface area contributed by atoms with E-state index < -0.39 is 12.0 Å². The van der Waals surface area contributed by atoms with Gasteiger partial charge in [0.15, 0.2) is 0 Å². The number of rotatable bonds is 4. The van der Waals surface area contributed by atoms with Crippen LogP contribution in [0.3, 0.4) is 0 Å².